The van der Waals surface area contributed by atoms with E-state index in [2.05, 4.69) is 15.5 Å². The number of amides is 2. The van der Waals surface area contributed by atoms with E-state index in [1.807, 2.05) is 0 Å². The molecule has 13 heteroatoms. The number of carbonyl (C=O) groups excluding carboxylic acids is 2. The summed E-state index contributed by atoms with van der Waals surface area (Å²) in [5, 5.41) is 10.2. The average molecular weight is 524 g/mol. The van der Waals surface area contributed by atoms with Gasteiger partial charge >= 0.3 is 12.3 Å². The molecular formula is C23H18ClF4N5O3. The molecule has 2 amide bonds. The van der Waals surface area contributed by atoms with E-state index in [4.69, 9.17) is 16.3 Å². The predicted octanol–water partition coefficient (Wildman–Crippen LogP) is 4.86. The molecule has 0 atom stereocenters. The second-order valence-corrected chi connectivity index (χ2v) is 8.10. The van der Waals surface area contributed by atoms with Gasteiger partial charge in [-0.05, 0) is 36.4 Å². The van der Waals surface area contributed by atoms with Gasteiger partial charge in [-0.1, -0.05) is 23.7 Å². The van der Waals surface area contributed by atoms with Gasteiger partial charge < -0.3 is 14.5 Å². The van der Waals surface area contributed by atoms with Crippen molar-refractivity contribution in [3.63, 3.8) is 0 Å². The van der Waals surface area contributed by atoms with Gasteiger partial charge in [0, 0.05) is 32.2 Å². The van der Waals surface area contributed by atoms with E-state index >= 15 is 0 Å². The van der Waals surface area contributed by atoms with Gasteiger partial charge in [-0.15, -0.1) is 10.2 Å². The normalized spacial score (nSPS) is 13.9. The molecule has 0 bridgehead atoms. The Balaban J connectivity index is 1.34. The third-order valence-electron chi connectivity index (χ3n) is 5.34. The topological polar surface area (TPSA) is 87.7 Å². The Morgan fingerprint density at radius 3 is 2.36 bits per heavy atom. The monoisotopic (exact) mass is 523 g/mol. The first-order chi connectivity index (χ1) is 17.1. The van der Waals surface area contributed by atoms with Crippen LogP contribution < -0.4 is 15.0 Å². The summed E-state index contributed by atoms with van der Waals surface area (Å²) in [6, 6.07) is 11.1. The fourth-order valence-electron chi connectivity index (χ4n) is 3.59. The molecule has 4 rings (SSSR count). The molecule has 0 radical (unpaired) electrons. The second kappa shape index (κ2) is 10.4. The number of benzene rings is 2. The van der Waals surface area contributed by atoms with Crippen molar-refractivity contribution >= 4 is 35.1 Å². The number of ether oxygens (including phenoxy) is 1. The van der Waals surface area contributed by atoms with E-state index in [-0.39, 0.29) is 29.7 Å². The van der Waals surface area contributed by atoms with Crippen molar-refractivity contribution in [2.24, 2.45) is 0 Å². The molecule has 3 aromatic rings. The van der Waals surface area contributed by atoms with Crippen LogP contribution in [0.3, 0.4) is 0 Å². The van der Waals surface area contributed by atoms with Crippen LogP contribution in [0.25, 0.3) is 0 Å². The SMILES string of the molecule is O=C(Nc1cc(F)ccc1Cl)Oc1ccc(N2CCN(C(=O)c3ccccc3C(F)(F)F)CC2)nn1. The molecule has 188 valence electrons. The number of rotatable bonds is 4. The molecule has 8 nitrogen and oxygen atoms in total. The van der Waals surface area contributed by atoms with Crippen LogP contribution in [0.5, 0.6) is 5.88 Å². The van der Waals surface area contributed by atoms with Crippen LogP contribution in [-0.4, -0.2) is 53.3 Å². The average Bonchev–Trinajstić information content (AvgIpc) is 2.86. The smallest absolute Gasteiger partial charge is 0.389 e. The van der Waals surface area contributed by atoms with Crippen LogP contribution in [0.15, 0.2) is 54.6 Å². The van der Waals surface area contributed by atoms with Gasteiger partial charge in [0.15, 0.2) is 5.82 Å². The molecule has 1 aliphatic heterocycles. The van der Waals surface area contributed by atoms with Gasteiger partial charge in [0.1, 0.15) is 5.82 Å². The summed E-state index contributed by atoms with van der Waals surface area (Å²) in [5.41, 5.74) is -1.34. The molecule has 0 spiro atoms. The lowest BCUT2D eigenvalue weighted by Crippen LogP contribution is -2.49. The highest BCUT2D eigenvalue weighted by molar-refractivity contribution is 6.33. The van der Waals surface area contributed by atoms with E-state index in [0.717, 1.165) is 18.2 Å². The lowest BCUT2D eigenvalue weighted by atomic mass is 10.1. The molecule has 36 heavy (non-hydrogen) atoms. The third-order valence-corrected chi connectivity index (χ3v) is 5.67. The van der Waals surface area contributed by atoms with Crippen LogP contribution in [-0.2, 0) is 6.18 Å². The molecule has 0 aliphatic carbocycles. The molecule has 0 saturated carbocycles. The summed E-state index contributed by atoms with van der Waals surface area (Å²) in [6.45, 7) is 0.990. The Morgan fingerprint density at radius 1 is 0.972 bits per heavy atom. The lowest BCUT2D eigenvalue weighted by Gasteiger charge is -2.35. The molecule has 1 N–H and O–H groups in total. The van der Waals surface area contributed by atoms with E-state index in [1.54, 1.807) is 11.0 Å². The summed E-state index contributed by atoms with van der Waals surface area (Å²) in [7, 11) is 0. The minimum absolute atomic E-state index is 0.0246. The minimum atomic E-state index is -4.63. The summed E-state index contributed by atoms with van der Waals surface area (Å²) in [6.07, 6.45) is -5.58. The number of halogens is 5. The Kier molecular flexibility index (Phi) is 7.25. The fourth-order valence-corrected chi connectivity index (χ4v) is 3.75. The Hall–Kier alpha value is -3.93. The minimum Gasteiger partial charge on any atom is -0.389 e. The van der Waals surface area contributed by atoms with Gasteiger partial charge in [0.25, 0.3) is 5.91 Å². The van der Waals surface area contributed by atoms with Crippen LogP contribution >= 0.6 is 11.6 Å². The van der Waals surface area contributed by atoms with Gasteiger partial charge in [-0.3, -0.25) is 10.1 Å². The zero-order valence-corrected chi connectivity index (χ0v) is 19.2. The molecule has 2 aromatic carbocycles. The Morgan fingerprint density at radius 2 is 1.69 bits per heavy atom. The number of hydrogen-bond donors (Lipinski definition) is 1. The van der Waals surface area contributed by atoms with Crippen LogP contribution in [0, 0.1) is 5.82 Å². The zero-order chi connectivity index (χ0) is 25.9. The predicted molar refractivity (Wildman–Crippen MR) is 123 cm³/mol. The molecule has 1 aliphatic rings. The summed E-state index contributed by atoms with van der Waals surface area (Å²) < 4.78 is 58.1. The van der Waals surface area contributed by atoms with E-state index in [9.17, 15) is 27.2 Å². The van der Waals surface area contributed by atoms with E-state index in [0.29, 0.717) is 18.9 Å². The molecule has 2 heterocycles. The molecule has 1 saturated heterocycles. The molecule has 1 fully saturated rings. The van der Waals surface area contributed by atoms with Crippen molar-refractivity contribution in [3.05, 3.63) is 76.6 Å². The highest BCUT2D eigenvalue weighted by Gasteiger charge is 2.36. The lowest BCUT2D eigenvalue weighted by molar-refractivity contribution is -0.138. The second-order valence-electron chi connectivity index (χ2n) is 7.69. The van der Waals surface area contributed by atoms with Crippen LogP contribution in [0.2, 0.25) is 5.02 Å². The van der Waals surface area contributed by atoms with E-state index < -0.39 is 35.1 Å². The van der Waals surface area contributed by atoms with Crippen LogP contribution in [0.4, 0.5) is 33.9 Å². The van der Waals surface area contributed by atoms with Crippen molar-refractivity contribution in [1.82, 2.24) is 15.1 Å². The van der Waals surface area contributed by atoms with Crippen molar-refractivity contribution in [3.8, 4) is 5.88 Å². The summed E-state index contributed by atoms with van der Waals surface area (Å²) in [5.74, 6) is -0.980. The maximum atomic E-state index is 13.3. The fraction of sp³-hybridized carbons (Fsp3) is 0.217. The number of aromatic nitrogens is 2. The number of anilines is 2. The largest absolute Gasteiger partial charge is 0.418 e. The standard InChI is InChI=1S/C23H18ClF4N5O3/c24-17-6-5-14(25)13-18(17)29-22(35)36-20-8-7-19(30-31-20)32-9-11-33(12-10-32)21(34)15-3-1-2-4-16(15)23(26,27)28/h1-8,13H,9-12H2,(H,29,35). The van der Waals surface area contributed by atoms with Gasteiger partial charge in [0.2, 0.25) is 5.88 Å². The first kappa shape index (κ1) is 25.2. The van der Waals surface area contributed by atoms with Crippen LogP contribution in [0.1, 0.15) is 15.9 Å². The maximum Gasteiger partial charge on any atom is 0.418 e. The summed E-state index contributed by atoms with van der Waals surface area (Å²) in [4.78, 5) is 27.9. The van der Waals surface area contributed by atoms with Crippen molar-refractivity contribution in [2.75, 3.05) is 36.4 Å². The van der Waals surface area contributed by atoms with Crippen molar-refractivity contribution in [1.29, 1.82) is 0 Å². The quantitative estimate of drug-likeness (QED) is 0.491. The number of carbonyl (C=O) groups is 2. The number of piperazine rings is 1. The number of alkyl halides is 3. The number of nitrogens with zero attached hydrogens (tertiary/aromatic N) is 4. The van der Waals surface area contributed by atoms with Crippen molar-refractivity contribution in [2.45, 2.75) is 6.18 Å². The molecule has 1 aromatic heterocycles. The van der Waals surface area contributed by atoms with Gasteiger partial charge in [-0.25, -0.2) is 9.18 Å². The Labute approximate surface area is 207 Å². The molecular weight excluding hydrogens is 506 g/mol. The first-order valence-corrected chi connectivity index (χ1v) is 11.0. The maximum absolute atomic E-state index is 13.3. The number of nitrogens with one attached hydrogen (secondary N) is 1. The van der Waals surface area contributed by atoms with Gasteiger partial charge in [-0.2, -0.15) is 13.2 Å². The molecule has 0 unspecified atom stereocenters. The third kappa shape index (κ3) is 5.82. The number of hydrogen-bond acceptors (Lipinski definition) is 6. The summed E-state index contributed by atoms with van der Waals surface area (Å²) >= 11 is 5.90. The zero-order valence-electron chi connectivity index (χ0n) is 18.4. The Bertz CT molecular complexity index is 1270. The van der Waals surface area contributed by atoms with E-state index in [1.165, 1.54) is 35.2 Å². The highest BCUT2D eigenvalue weighted by atomic mass is 35.5. The van der Waals surface area contributed by atoms with Gasteiger partial charge in [0.05, 0.1) is 21.8 Å². The first-order valence-electron chi connectivity index (χ1n) is 10.6. The highest BCUT2D eigenvalue weighted by Crippen LogP contribution is 2.32. The van der Waals surface area contributed by atoms with Crippen molar-refractivity contribution < 1.29 is 31.9 Å².